The first kappa shape index (κ1) is 9.92. The standard InChI is InChI=1S/C8H20N2/c1-5-7(2)8(9)6-10(3)4/h7-8H,5-6,9H2,1-4H3/t7-,8+/m1/s1. The van der Waals surface area contributed by atoms with Crippen molar-refractivity contribution in [2.75, 3.05) is 20.6 Å². The zero-order valence-corrected chi connectivity index (χ0v) is 7.59. The van der Waals surface area contributed by atoms with E-state index in [0.717, 1.165) is 6.54 Å². The molecule has 0 fully saturated rings. The summed E-state index contributed by atoms with van der Waals surface area (Å²) in [7, 11) is 4.12. The third kappa shape index (κ3) is 3.85. The van der Waals surface area contributed by atoms with E-state index in [9.17, 15) is 0 Å². The van der Waals surface area contributed by atoms with Crippen molar-refractivity contribution in [1.29, 1.82) is 0 Å². The summed E-state index contributed by atoms with van der Waals surface area (Å²) in [5, 5.41) is 0. The predicted octanol–water partition coefficient (Wildman–Crippen LogP) is 0.921. The van der Waals surface area contributed by atoms with Gasteiger partial charge >= 0.3 is 0 Å². The summed E-state index contributed by atoms with van der Waals surface area (Å²) >= 11 is 0. The van der Waals surface area contributed by atoms with Crippen LogP contribution < -0.4 is 5.73 Å². The highest BCUT2D eigenvalue weighted by Gasteiger charge is 2.10. The van der Waals surface area contributed by atoms with Gasteiger partial charge in [-0.3, -0.25) is 0 Å². The summed E-state index contributed by atoms with van der Waals surface area (Å²) in [5.74, 6) is 0.641. The van der Waals surface area contributed by atoms with Crippen LogP contribution in [-0.2, 0) is 0 Å². The molecule has 0 rings (SSSR count). The lowest BCUT2D eigenvalue weighted by molar-refractivity contribution is 0.315. The minimum absolute atomic E-state index is 0.333. The van der Waals surface area contributed by atoms with Crippen molar-refractivity contribution in [3.8, 4) is 0 Å². The molecule has 0 aromatic heterocycles. The van der Waals surface area contributed by atoms with Gasteiger partial charge in [0, 0.05) is 12.6 Å². The summed E-state index contributed by atoms with van der Waals surface area (Å²) in [6, 6.07) is 0.333. The average molecular weight is 144 g/mol. The second-order valence-corrected chi connectivity index (χ2v) is 3.31. The van der Waals surface area contributed by atoms with Crippen LogP contribution in [0.1, 0.15) is 20.3 Å². The summed E-state index contributed by atoms with van der Waals surface area (Å²) in [5.41, 5.74) is 5.89. The first-order valence-corrected chi connectivity index (χ1v) is 3.98. The van der Waals surface area contributed by atoms with E-state index in [1.165, 1.54) is 6.42 Å². The second-order valence-electron chi connectivity index (χ2n) is 3.31. The van der Waals surface area contributed by atoms with Gasteiger partial charge < -0.3 is 10.6 Å². The molecule has 0 radical (unpaired) electrons. The number of hydrogen-bond donors (Lipinski definition) is 1. The minimum Gasteiger partial charge on any atom is -0.326 e. The lowest BCUT2D eigenvalue weighted by Crippen LogP contribution is -2.38. The normalized spacial score (nSPS) is 17.4. The summed E-state index contributed by atoms with van der Waals surface area (Å²) < 4.78 is 0. The Balaban J connectivity index is 3.50. The van der Waals surface area contributed by atoms with Gasteiger partial charge in [-0.05, 0) is 20.0 Å². The smallest absolute Gasteiger partial charge is 0.0193 e. The van der Waals surface area contributed by atoms with E-state index in [1.54, 1.807) is 0 Å². The lowest BCUT2D eigenvalue weighted by atomic mass is 10.00. The van der Waals surface area contributed by atoms with E-state index in [1.807, 2.05) is 0 Å². The molecule has 2 heteroatoms. The molecule has 0 aliphatic rings. The largest absolute Gasteiger partial charge is 0.326 e. The fourth-order valence-electron chi connectivity index (χ4n) is 0.904. The van der Waals surface area contributed by atoms with Crippen LogP contribution >= 0.6 is 0 Å². The van der Waals surface area contributed by atoms with Gasteiger partial charge in [-0.1, -0.05) is 20.3 Å². The summed E-state index contributed by atoms with van der Waals surface area (Å²) in [4.78, 5) is 2.14. The van der Waals surface area contributed by atoms with Gasteiger partial charge in [0.25, 0.3) is 0 Å². The molecule has 0 amide bonds. The van der Waals surface area contributed by atoms with Crippen LogP contribution in [0.15, 0.2) is 0 Å². The van der Waals surface area contributed by atoms with E-state index in [0.29, 0.717) is 12.0 Å². The Morgan fingerprint density at radius 3 is 2.20 bits per heavy atom. The highest BCUT2D eigenvalue weighted by molar-refractivity contribution is 4.69. The Morgan fingerprint density at radius 2 is 1.90 bits per heavy atom. The van der Waals surface area contributed by atoms with Crippen molar-refractivity contribution in [3.63, 3.8) is 0 Å². The maximum atomic E-state index is 5.89. The van der Waals surface area contributed by atoms with E-state index >= 15 is 0 Å². The molecule has 2 atom stereocenters. The van der Waals surface area contributed by atoms with Crippen LogP contribution in [0.25, 0.3) is 0 Å². The molecular formula is C8H20N2. The molecule has 2 N–H and O–H groups in total. The Kier molecular flexibility index (Phi) is 4.65. The minimum atomic E-state index is 0.333. The lowest BCUT2D eigenvalue weighted by Gasteiger charge is -2.21. The van der Waals surface area contributed by atoms with Gasteiger partial charge in [0.05, 0.1) is 0 Å². The Labute approximate surface area is 64.4 Å². The van der Waals surface area contributed by atoms with Crippen LogP contribution in [-0.4, -0.2) is 31.6 Å². The molecule has 0 bridgehead atoms. The second kappa shape index (κ2) is 4.69. The van der Waals surface area contributed by atoms with E-state index in [2.05, 4.69) is 32.8 Å². The molecular weight excluding hydrogens is 124 g/mol. The highest BCUT2D eigenvalue weighted by Crippen LogP contribution is 2.04. The molecule has 0 aromatic rings. The first-order chi connectivity index (χ1) is 4.57. The number of rotatable bonds is 4. The molecule has 0 saturated carbocycles. The van der Waals surface area contributed by atoms with Gasteiger partial charge in [0.15, 0.2) is 0 Å². The van der Waals surface area contributed by atoms with Crippen molar-refractivity contribution in [2.24, 2.45) is 11.7 Å². The quantitative estimate of drug-likeness (QED) is 0.636. The zero-order valence-electron chi connectivity index (χ0n) is 7.59. The number of nitrogens with zero attached hydrogens (tertiary/aromatic N) is 1. The van der Waals surface area contributed by atoms with Gasteiger partial charge in [-0.25, -0.2) is 0 Å². The predicted molar refractivity (Wildman–Crippen MR) is 46.0 cm³/mol. The Bertz CT molecular complexity index is 81.3. The van der Waals surface area contributed by atoms with Crippen LogP contribution in [0.3, 0.4) is 0 Å². The van der Waals surface area contributed by atoms with E-state index in [-0.39, 0.29) is 0 Å². The number of likely N-dealkylation sites (N-methyl/N-ethyl adjacent to an activating group) is 1. The SMILES string of the molecule is CC[C@@H](C)[C@@H](N)CN(C)C. The molecule has 0 saturated heterocycles. The Hall–Kier alpha value is -0.0800. The zero-order chi connectivity index (χ0) is 8.15. The maximum absolute atomic E-state index is 5.89. The van der Waals surface area contributed by atoms with Gasteiger partial charge in [-0.15, -0.1) is 0 Å². The van der Waals surface area contributed by atoms with Gasteiger partial charge in [0.2, 0.25) is 0 Å². The molecule has 10 heavy (non-hydrogen) atoms. The van der Waals surface area contributed by atoms with Gasteiger partial charge in [-0.2, -0.15) is 0 Å². The molecule has 0 aliphatic carbocycles. The molecule has 0 aromatic carbocycles. The van der Waals surface area contributed by atoms with Crippen LogP contribution in [0.4, 0.5) is 0 Å². The molecule has 62 valence electrons. The monoisotopic (exact) mass is 144 g/mol. The van der Waals surface area contributed by atoms with Crippen molar-refractivity contribution in [2.45, 2.75) is 26.3 Å². The topological polar surface area (TPSA) is 29.3 Å². The summed E-state index contributed by atoms with van der Waals surface area (Å²) in [6.07, 6.45) is 1.18. The van der Waals surface area contributed by atoms with Gasteiger partial charge in [0.1, 0.15) is 0 Å². The van der Waals surface area contributed by atoms with E-state index in [4.69, 9.17) is 5.73 Å². The summed E-state index contributed by atoms with van der Waals surface area (Å²) in [6.45, 7) is 5.38. The fraction of sp³-hybridized carbons (Fsp3) is 1.00. The number of hydrogen-bond acceptors (Lipinski definition) is 2. The molecule has 0 unspecified atom stereocenters. The van der Waals surface area contributed by atoms with Crippen LogP contribution in [0, 0.1) is 5.92 Å². The highest BCUT2D eigenvalue weighted by atomic mass is 15.1. The maximum Gasteiger partial charge on any atom is 0.0193 e. The van der Waals surface area contributed by atoms with Crippen molar-refractivity contribution >= 4 is 0 Å². The van der Waals surface area contributed by atoms with Crippen molar-refractivity contribution in [3.05, 3.63) is 0 Å². The first-order valence-electron chi connectivity index (χ1n) is 3.98. The molecule has 2 nitrogen and oxygen atoms in total. The Morgan fingerprint density at radius 1 is 1.40 bits per heavy atom. The van der Waals surface area contributed by atoms with Crippen molar-refractivity contribution in [1.82, 2.24) is 4.90 Å². The van der Waals surface area contributed by atoms with Crippen LogP contribution in [0.5, 0.6) is 0 Å². The molecule has 0 spiro atoms. The average Bonchev–Trinajstić information content (AvgIpc) is 1.85. The van der Waals surface area contributed by atoms with Crippen molar-refractivity contribution < 1.29 is 0 Å². The number of nitrogens with two attached hydrogens (primary N) is 1. The molecule has 0 heterocycles. The van der Waals surface area contributed by atoms with Crippen LogP contribution in [0.2, 0.25) is 0 Å². The third-order valence-corrected chi connectivity index (χ3v) is 1.95. The van der Waals surface area contributed by atoms with E-state index < -0.39 is 0 Å². The fourth-order valence-corrected chi connectivity index (χ4v) is 0.904. The third-order valence-electron chi connectivity index (χ3n) is 1.95. The molecule has 0 aliphatic heterocycles.